The minimum absolute atomic E-state index is 0.316. The quantitative estimate of drug-likeness (QED) is 0.803. The van der Waals surface area contributed by atoms with Crippen molar-refractivity contribution in [2.45, 2.75) is 36.7 Å². The summed E-state index contributed by atoms with van der Waals surface area (Å²) < 4.78 is 32.6. The second-order valence-electron chi connectivity index (χ2n) is 6.90. The summed E-state index contributed by atoms with van der Waals surface area (Å²) >= 11 is 1.85. The molecular formula is C19H24N2O3S2. The zero-order chi connectivity index (χ0) is 18.1. The van der Waals surface area contributed by atoms with Gasteiger partial charge in [0.1, 0.15) is 5.75 Å². The van der Waals surface area contributed by atoms with Crippen LogP contribution in [0.1, 0.15) is 23.3 Å². The van der Waals surface area contributed by atoms with Gasteiger partial charge in [-0.1, -0.05) is 6.07 Å². The van der Waals surface area contributed by atoms with Crippen LogP contribution in [0.15, 0.2) is 40.6 Å². The lowest BCUT2D eigenvalue weighted by atomic mass is 10.0. The lowest BCUT2D eigenvalue weighted by molar-refractivity contribution is 0.127. The Morgan fingerprint density at radius 1 is 1.15 bits per heavy atom. The van der Waals surface area contributed by atoms with Crippen LogP contribution >= 0.6 is 11.3 Å². The molecule has 2 aliphatic heterocycles. The molecule has 2 aromatic rings. The van der Waals surface area contributed by atoms with Gasteiger partial charge in [0.05, 0.1) is 12.0 Å². The van der Waals surface area contributed by atoms with Crippen LogP contribution < -0.4 is 4.74 Å². The van der Waals surface area contributed by atoms with Crippen LogP contribution in [-0.4, -0.2) is 50.4 Å². The number of thiophene rings is 1. The van der Waals surface area contributed by atoms with E-state index in [0.29, 0.717) is 29.8 Å². The Balaban J connectivity index is 1.42. The number of methoxy groups -OCH3 is 1. The van der Waals surface area contributed by atoms with Gasteiger partial charge in [0.2, 0.25) is 10.0 Å². The van der Waals surface area contributed by atoms with Crippen LogP contribution in [-0.2, 0) is 23.0 Å². The van der Waals surface area contributed by atoms with E-state index >= 15 is 0 Å². The Kier molecular flexibility index (Phi) is 5.05. The van der Waals surface area contributed by atoms with Crippen LogP contribution in [0.3, 0.4) is 0 Å². The van der Waals surface area contributed by atoms with Crippen LogP contribution in [0.2, 0.25) is 0 Å². The maximum absolute atomic E-state index is 12.9. The zero-order valence-corrected chi connectivity index (χ0v) is 16.6. The topological polar surface area (TPSA) is 49.9 Å². The summed E-state index contributed by atoms with van der Waals surface area (Å²) in [6.07, 6.45) is 2.90. The van der Waals surface area contributed by atoms with E-state index in [1.165, 1.54) is 10.4 Å². The van der Waals surface area contributed by atoms with Crippen molar-refractivity contribution in [1.29, 1.82) is 0 Å². The van der Waals surface area contributed by atoms with Crippen molar-refractivity contribution in [3.8, 4) is 5.75 Å². The van der Waals surface area contributed by atoms with E-state index in [2.05, 4.69) is 16.3 Å². The Labute approximate surface area is 159 Å². The lowest BCUT2D eigenvalue weighted by Gasteiger charge is -2.39. The minimum Gasteiger partial charge on any atom is -0.497 e. The summed E-state index contributed by atoms with van der Waals surface area (Å²) in [7, 11) is -1.90. The van der Waals surface area contributed by atoms with E-state index < -0.39 is 10.0 Å². The van der Waals surface area contributed by atoms with E-state index in [1.54, 1.807) is 35.7 Å². The van der Waals surface area contributed by atoms with E-state index in [-0.39, 0.29) is 0 Å². The number of sulfonamides is 1. The largest absolute Gasteiger partial charge is 0.497 e. The van der Waals surface area contributed by atoms with Crippen molar-refractivity contribution < 1.29 is 13.2 Å². The Hall–Kier alpha value is -1.41. The Morgan fingerprint density at radius 3 is 2.73 bits per heavy atom. The molecule has 1 aromatic carbocycles. The fraction of sp³-hybridized carbons (Fsp3) is 0.474. The van der Waals surface area contributed by atoms with Gasteiger partial charge in [-0.15, -0.1) is 11.3 Å². The van der Waals surface area contributed by atoms with Crippen LogP contribution in [0.5, 0.6) is 5.75 Å². The van der Waals surface area contributed by atoms with Gasteiger partial charge < -0.3 is 4.74 Å². The molecule has 26 heavy (non-hydrogen) atoms. The second-order valence-corrected chi connectivity index (χ2v) is 9.84. The molecule has 1 saturated heterocycles. The molecule has 1 aromatic heterocycles. The van der Waals surface area contributed by atoms with Crippen LogP contribution in [0, 0.1) is 0 Å². The highest BCUT2D eigenvalue weighted by molar-refractivity contribution is 7.89. The van der Waals surface area contributed by atoms with E-state index in [0.717, 1.165) is 32.4 Å². The first-order valence-electron chi connectivity index (χ1n) is 9.01. The fourth-order valence-corrected chi connectivity index (χ4v) is 6.34. The summed E-state index contributed by atoms with van der Waals surface area (Å²) in [5.41, 5.74) is 1.45. The molecule has 0 saturated carbocycles. The highest BCUT2D eigenvalue weighted by Gasteiger charge is 2.33. The normalized spacial score (nSPS) is 20.0. The molecule has 0 aliphatic carbocycles. The first-order valence-corrected chi connectivity index (χ1v) is 11.3. The maximum atomic E-state index is 12.9. The highest BCUT2D eigenvalue weighted by atomic mass is 32.2. The molecule has 1 fully saturated rings. The van der Waals surface area contributed by atoms with Crippen molar-refractivity contribution in [1.82, 2.24) is 9.21 Å². The van der Waals surface area contributed by atoms with Gasteiger partial charge >= 0.3 is 0 Å². The average Bonchev–Trinajstić information content (AvgIpc) is 3.16. The molecule has 7 heteroatoms. The molecule has 0 spiro atoms. The molecular weight excluding hydrogens is 368 g/mol. The molecule has 0 atom stereocenters. The number of hydrogen-bond donors (Lipinski definition) is 0. The van der Waals surface area contributed by atoms with Crippen molar-refractivity contribution in [3.05, 3.63) is 46.2 Å². The van der Waals surface area contributed by atoms with Crippen molar-refractivity contribution in [2.75, 3.05) is 26.7 Å². The van der Waals surface area contributed by atoms with Crippen LogP contribution in [0.4, 0.5) is 0 Å². The summed E-state index contributed by atoms with van der Waals surface area (Å²) in [5, 5.41) is 2.18. The standard InChI is InChI=1S/C19H24N2O3S2/c1-24-17-3-2-4-18(13-17)26(22,23)21-10-5-16(6-11-21)20-9-7-19-15(14-20)8-12-25-19/h2-4,8,12-13,16H,5-7,9-11,14H2,1H3. The number of benzene rings is 1. The minimum atomic E-state index is -3.45. The highest BCUT2D eigenvalue weighted by Crippen LogP contribution is 2.30. The van der Waals surface area contributed by atoms with Gasteiger partial charge in [-0.3, -0.25) is 4.90 Å². The van der Waals surface area contributed by atoms with Gasteiger partial charge in [0, 0.05) is 43.2 Å². The number of ether oxygens (including phenoxy) is 1. The lowest BCUT2D eigenvalue weighted by Crippen LogP contribution is -2.47. The Bertz CT molecular complexity index is 870. The van der Waals surface area contributed by atoms with Crippen molar-refractivity contribution in [3.63, 3.8) is 0 Å². The monoisotopic (exact) mass is 392 g/mol. The predicted octanol–water partition coefficient (Wildman–Crippen LogP) is 2.97. The van der Waals surface area contributed by atoms with Gasteiger partial charge in [0.25, 0.3) is 0 Å². The third-order valence-electron chi connectivity index (χ3n) is 5.46. The summed E-state index contributed by atoms with van der Waals surface area (Å²) in [5.74, 6) is 0.570. The number of piperidine rings is 1. The number of rotatable bonds is 4. The summed E-state index contributed by atoms with van der Waals surface area (Å²) in [6, 6.07) is 9.44. The second kappa shape index (κ2) is 7.31. The third-order valence-corrected chi connectivity index (χ3v) is 8.37. The van der Waals surface area contributed by atoms with E-state index in [9.17, 15) is 8.42 Å². The molecule has 5 nitrogen and oxygen atoms in total. The molecule has 0 radical (unpaired) electrons. The van der Waals surface area contributed by atoms with Gasteiger partial charge in [-0.2, -0.15) is 4.31 Å². The van der Waals surface area contributed by atoms with E-state index in [4.69, 9.17) is 4.74 Å². The van der Waals surface area contributed by atoms with Crippen molar-refractivity contribution >= 4 is 21.4 Å². The van der Waals surface area contributed by atoms with E-state index in [1.807, 2.05) is 11.3 Å². The SMILES string of the molecule is COc1cccc(S(=O)(=O)N2CCC(N3CCc4sccc4C3)CC2)c1. The first-order chi connectivity index (χ1) is 12.6. The zero-order valence-electron chi connectivity index (χ0n) is 14.9. The number of hydrogen-bond acceptors (Lipinski definition) is 5. The predicted molar refractivity (Wildman–Crippen MR) is 103 cm³/mol. The smallest absolute Gasteiger partial charge is 0.243 e. The van der Waals surface area contributed by atoms with Crippen molar-refractivity contribution in [2.24, 2.45) is 0 Å². The molecule has 140 valence electrons. The summed E-state index contributed by atoms with van der Waals surface area (Å²) in [6.45, 7) is 3.25. The average molecular weight is 393 g/mol. The van der Waals surface area contributed by atoms with Gasteiger partial charge in [-0.05, 0) is 48.4 Å². The molecule has 0 unspecified atom stereocenters. The summed E-state index contributed by atoms with van der Waals surface area (Å²) in [4.78, 5) is 4.36. The molecule has 3 heterocycles. The first kappa shape index (κ1) is 18.0. The van der Waals surface area contributed by atoms with Gasteiger partial charge in [-0.25, -0.2) is 8.42 Å². The molecule has 4 rings (SSSR count). The fourth-order valence-electron chi connectivity index (χ4n) is 3.94. The van der Waals surface area contributed by atoms with Gasteiger partial charge in [0.15, 0.2) is 0 Å². The molecule has 2 aliphatic rings. The molecule has 0 amide bonds. The van der Waals surface area contributed by atoms with Crippen LogP contribution in [0.25, 0.3) is 0 Å². The number of nitrogens with zero attached hydrogens (tertiary/aromatic N) is 2. The number of fused-ring (bicyclic) bond motifs is 1. The molecule has 0 bridgehead atoms. The third kappa shape index (κ3) is 3.41. The maximum Gasteiger partial charge on any atom is 0.243 e. The Morgan fingerprint density at radius 2 is 1.96 bits per heavy atom. The molecule has 0 N–H and O–H groups in total.